The number of ether oxygens (including phenoxy) is 1. The summed E-state index contributed by atoms with van der Waals surface area (Å²) in [6.45, 7) is 1.96. The van der Waals surface area contributed by atoms with E-state index in [4.69, 9.17) is 4.74 Å². The predicted molar refractivity (Wildman–Crippen MR) is 81.1 cm³/mol. The van der Waals surface area contributed by atoms with Crippen LogP contribution in [0.15, 0.2) is 0 Å². The van der Waals surface area contributed by atoms with Gasteiger partial charge in [0.1, 0.15) is 17.2 Å². The van der Waals surface area contributed by atoms with Crippen molar-refractivity contribution in [1.82, 2.24) is 5.32 Å². The number of hydrogen-bond acceptors (Lipinski definition) is 5. The van der Waals surface area contributed by atoms with Crippen molar-refractivity contribution in [2.24, 2.45) is 5.41 Å². The molecule has 1 heterocycles. The molecule has 1 aliphatic rings. The Bertz CT molecular complexity index is 306. The first kappa shape index (κ1) is 16.0. The van der Waals surface area contributed by atoms with Gasteiger partial charge in [-0.05, 0) is 25.4 Å². The van der Waals surface area contributed by atoms with Crippen LogP contribution in [0.4, 0.5) is 0 Å². The van der Waals surface area contributed by atoms with Crippen LogP contribution in [0.5, 0.6) is 0 Å². The van der Waals surface area contributed by atoms with Crippen LogP contribution >= 0.6 is 22.6 Å². The smallest absolute Gasteiger partial charge is 0.328 e. The molecule has 104 valence electrons. The van der Waals surface area contributed by atoms with Gasteiger partial charge < -0.3 is 10.1 Å². The molecule has 0 aromatic heterocycles. The summed E-state index contributed by atoms with van der Waals surface area (Å²) < 4.78 is 4.74. The molecular formula is C11H20NO3S3+. The number of methoxy groups -OCH3 is 1. The highest BCUT2D eigenvalue weighted by Gasteiger charge is 2.44. The maximum absolute atomic E-state index is 12.2. The molecule has 7 heteroatoms. The van der Waals surface area contributed by atoms with E-state index < -0.39 is 6.04 Å². The van der Waals surface area contributed by atoms with Crippen LogP contribution in [0, 0.1) is 5.41 Å². The van der Waals surface area contributed by atoms with Crippen LogP contribution < -0.4 is 5.32 Å². The zero-order chi connectivity index (χ0) is 13.6. The van der Waals surface area contributed by atoms with Crippen molar-refractivity contribution in [3.05, 3.63) is 0 Å². The Morgan fingerprint density at radius 3 is 2.83 bits per heavy atom. The van der Waals surface area contributed by atoms with Gasteiger partial charge >= 0.3 is 5.97 Å². The molecule has 18 heavy (non-hydrogen) atoms. The summed E-state index contributed by atoms with van der Waals surface area (Å²) >= 11 is 1.65. The van der Waals surface area contributed by atoms with Crippen LogP contribution in [0.25, 0.3) is 0 Å². The predicted octanol–water partition coefficient (Wildman–Crippen LogP) is 0.880. The van der Waals surface area contributed by atoms with Crippen molar-refractivity contribution < 1.29 is 14.3 Å². The Hall–Kier alpha value is -0.0100. The molecule has 2 atom stereocenters. The highest BCUT2D eigenvalue weighted by Crippen LogP contribution is 2.33. The minimum atomic E-state index is -0.519. The number of thiol groups is 1. The van der Waals surface area contributed by atoms with E-state index in [9.17, 15) is 9.59 Å². The van der Waals surface area contributed by atoms with Crippen molar-refractivity contribution in [2.75, 3.05) is 30.6 Å². The first-order chi connectivity index (χ1) is 8.53. The average molecular weight is 310 g/mol. The maximum atomic E-state index is 12.2. The average Bonchev–Trinajstić information content (AvgIpc) is 2.81. The van der Waals surface area contributed by atoms with E-state index in [1.165, 1.54) is 17.9 Å². The molecule has 0 bridgehead atoms. The summed E-state index contributed by atoms with van der Waals surface area (Å²) in [6.07, 6.45) is 2.59. The lowest BCUT2D eigenvalue weighted by atomic mass is 9.94. The second-order valence-corrected chi connectivity index (χ2v) is 8.11. The van der Waals surface area contributed by atoms with E-state index >= 15 is 0 Å². The Morgan fingerprint density at radius 2 is 2.33 bits per heavy atom. The lowest BCUT2D eigenvalue weighted by Gasteiger charge is -2.22. The maximum Gasteiger partial charge on any atom is 0.328 e. The molecule has 1 amide bonds. The van der Waals surface area contributed by atoms with Crippen molar-refractivity contribution in [1.29, 1.82) is 0 Å². The third-order valence-electron chi connectivity index (χ3n) is 2.84. The number of carbonyl (C=O) groups is 2. The molecule has 0 aromatic carbocycles. The zero-order valence-corrected chi connectivity index (χ0v) is 13.4. The lowest BCUT2D eigenvalue weighted by molar-refractivity contribution is -0.146. The number of nitrogens with one attached hydrogen (secondary N) is 1. The molecule has 2 unspecified atom stereocenters. The molecule has 1 aliphatic heterocycles. The Balaban J connectivity index is 2.58. The number of rotatable bonds is 6. The number of hydrogen-bond donors (Lipinski definition) is 1. The second kappa shape index (κ2) is 7.55. The van der Waals surface area contributed by atoms with Crippen LogP contribution in [0.1, 0.15) is 13.3 Å². The topological polar surface area (TPSA) is 55.4 Å². The summed E-state index contributed by atoms with van der Waals surface area (Å²) in [5.74, 6) is 2.10. The SMILES string of the molecule is COC(=O)C(CCSC)NC(=O)C1(C)CS[SH+]C1. The van der Waals surface area contributed by atoms with Crippen molar-refractivity contribution in [3.8, 4) is 0 Å². The van der Waals surface area contributed by atoms with Gasteiger partial charge in [0.05, 0.1) is 23.7 Å². The highest BCUT2D eigenvalue weighted by molar-refractivity contribution is 8.66. The van der Waals surface area contributed by atoms with Gasteiger partial charge in [0, 0.05) is 10.8 Å². The van der Waals surface area contributed by atoms with E-state index in [1.807, 2.05) is 13.2 Å². The molecule has 0 radical (unpaired) electrons. The van der Waals surface area contributed by atoms with Crippen molar-refractivity contribution in [2.45, 2.75) is 19.4 Å². The quantitative estimate of drug-likeness (QED) is 0.342. The van der Waals surface area contributed by atoms with Crippen molar-refractivity contribution in [3.63, 3.8) is 0 Å². The molecule has 1 N–H and O–H groups in total. The van der Waals surface area contributed by atoms with Gasteiger partial charge in [0.25, 0.3) is 0 Å². The molecular weight excluding hydrogens is 290 g/mol. The van der Waals surface area contributed by atoms with Crippen LogP contribution in [-0.4, -0.2) is 48.5 Å². The van der Waals surface area contributed by atoms with Crippen LogP contribution in [-0.2, 0) is 25.1 Å². The Kier molecular flexibility index (Phi) is 6.73. The van der Waals surface area contributed by atoms with Gasteiger partial charge in [-0.1, -0.05) is 0 Å². The summed E-state index contributed by atoms with van der Waals surface area (Å²) in [6, 6.07) is -0.519. The Morgan fingerprint density at radius 1 is 1.61 bits per heavy atom. The number of amides is 1. The van der Waals surface area contributed by atoms with Crippen LogP contribution in [0.3, 0.4) is 0 Å². The molecule has 0 aliphatic carbocycles. The molecule has 1 saturated heterocycles. The first-order valence-electron chi connectivity index (χ1n) is 5.70. The molecule has 4 nitrogen and oxygen atoms in total. The summed E-state index contributed by atoms with van der Waals surface area (Å²) in [7, 11) is 4.36. The third kappa shape index (κ3) is 4.28. The number of thioether (sulfide) groups is 1. The fourth-order valence-electron chi connectivity index (χ4n) is 1.52. The van der Waals surface area contributed by atoms with E-state index in [0.717, 1.165) is 17.3 Å². The van der Waals surface area contributed by atoms with Crippen molar-refractivity contribution >= 4 is 45.2 Å². The second-order valence-electron chi connectivity index (χ2n) is 4.45. The fraction of sp³-hybridized carbons (Fsp3) is 0.818. The highest BCUT2D eigenvalue weighted by atomic mass is 33.1. The van der Waals surface area contributed by atoms with Gasteiger partial charge in [-0.2, -0.15) is 11.8 Å². The van der Waals surface area contributed by atoms with Gasteiger partial charge in [-0.25, -0.2) is 4.79 Å². The van der Waals surface area contributed by atoms with E-state index in [0.29, 0.717) is 6.42 Å². The minimum absolute atomic E-state index is 0.0310. The summed E-state index contributed by atoms with van der Waals surface area (Å²) in [5.41, 5.74) is -0.349. The van der Waals surface area contributed by atoms with E-state index in [2.05, 4.69) is 5.32 Å². The zero-order valence-electron chi connectivity index (χ0n) is 10.9. The Labute approximate surface area is 120 Å². The number of esters is 1. The summed E-state index contributed by atoms with van der Waals surface area (Å²) in [5, 5.41) is 2.84. The third-order valence-corrected chi connectivity index (χ3v) is 6.58. The molecule has 0 saturated carbocycles. The molecule has 0 spiro atoms. The molecule has 1 fully saturated rings. The first-order valence-corrected chi connectivity index (χ1v) is 9.76. The van der Waals surface area contributed by atoms with Gasteiger partial charge in [-0.3, -0.25) is 4.79 Å². The fourth-order valence-corrected chi connectivity index (χ4v) is 5.64. The minimum Gasteiger partial charge on any atom is -0.467 e. The van der Waals surface area contributed by atoms with E-state index in [-0.39, 0.29) is 17.3 Å². The lowest BCUT2D eigenvalue weighted by Crippen LogP contribution is -2.49. The monoisotopic (exact) mass is 310 g/mol. The molecule has 0 aromatic rings. The van der Waals surface area contributed by atoms with Gasteiger partial charge in [-0.15, -0.1) is 0 Å². The van der Waals surface area contributed by atoms with Gasteiger partial charge in [0.15, 0.2) is 0 Å². The standard InChI is InChI=1S/C11H19NO3S3/c1-11(6-17-18-7-11)10(14)12-8(4-5-16-3)9(13)15-2/h8H,4-7H2,1-3H3,(H,12,14)/p+1. The molecule has 1 rings (SSSR count). The van der Waals surface area contributed by atoms with E-state index in [1.54, 1.807) is 22.6 Å². The number of carbonyl (C=O) groups excluding carboxylic acids is 2. The largest absolute Gasteiger partial charge is 0.467 e. The van der Waals surface area contributed by atoms with Crippen LogP contribution in [0.2, 0.25) is 0 Å². The summed E-state index contributed by atoms with van der Waals surface area (Å²) in [4.78, 5) is 23.8. The van der Waals surface area contributed by atoms with Gasteiger partial charge in [0.2, 0.25) is 5.91 Å². The normalized spacial score (nSPS) is 24.6.